The number of aromatic nitrogens is 1. The van der Waals surface area contributed by atoms with E-state index in [9.17, 15) is 0 Å². The van der Waals surface area contributed by atoms with Gasteiger partial charge in [-0.3, -0.25) is 0 Å². The van der Waals surface area contributed by atoms with E-state index < -0.39 is 0 Å². The van der Waals surface area contributed by atoms with Gasteiger partial charge < -0.3 is 14.2 Å². The van der Waals surface area contributed by atoms with Crippen LogP contribution in [0.3, 0.4) is 0 Å². The van der Waals surface area contributed by atoms with E-state index in [2.05, 4.69) is 57.2 Å². The summed E-state index contributed by atoms with van der Waals surface area (Å²) in [6, 6.07) is 30.2. The van der Waals surface area contributed by atoms with Crippen molar-refractivity contribution in [2.45, 2.75) is 59.4 Å². The fourth-order valence-corrected chi connectivity index (χ4v) is 5.69. The molecule has 5 rings (SSSR count). The Hall–Kier alpha value is -4.12. The van der Waals surface area contributed by atoms with Gasteiger partial charge in [-0.05, 0) is 48.4 Å². The molecule has 1 aromatic heterocycles. The van der Waals surface area contributed by atoms with Crippen molar-refractivity contribution in [2.75, 3.05) is 6.61 Å². The summed E-state index contributed by atoms with van der Waals surface area (Å²) in [5.74, 6) is 1.09. The van der Waals surface area contributed by atoms with Crippen LogP contribution in [0.2, 0.25) is 5.15 Å². The molecule has 2 atom stereocenters. The number of unbranched alkanes of at least 4 members (excludes halogenated alkanes) is 1. The van der Waals surface area contributed by atoms with E-state index in [-0.39, 0.29) is 12.0 Å². The highest BCUT2D eigenvalue weighted by molar-refractivity contribution is 6.32. The molecule has 0 fully saturated rings. The molecular formula is C40H42ClNO3. The van der Waals surface area contributed by atoms with Crippen molar-refractivity contribution in [3.8, 4) is 22.8 Å². The number of halogens is 1. The van der Waals surface area contributed by atoms with Crippen molar-refractivity contribution in [3.63, 3.8) is 0 Å². The van der Waals surface area contributed by atoms with Gasteiger partial charge in [0.15, 0.2) is 0 Å². The van der Waals surface area contributed by atoms with E-state index in [0.29, 0.717) is 36.6 Å². The molecule has 0 saturated heterocycles. The van der Waals surface area contributed by atoms with Crippen LogP contribution in [0, 0.1) is 5.92 Å². The first-order valence-electron chi connectivity index (χ1n) is 15.8. The number of hydrogen-bond acceptors (Lipinski definition) is 4. The van der Waals surface area contributed by atoms with Gasteiger partial charge in [0.25, 0.3) is 0 Å². The topological polar surface area (TPSA) is 40.6 Å². The Kier molecular flexibility index (Phi) is 11.7. The zero-order valence-corrected chi connectivity index (χ0v) is 27.2. The molecular weight excluding hydrogens is 578 g/mol. The van der Waals surface area contributed by atoms with Crippen LogP contribution in [0.5, 0.6) is 11.6 Å². The molecule has 3 aromatic carbocycles. The first-order valence-corrected chi connectivity index (χ1v) is 16.2. The van der Waals surface area contributed by atoms with E-state index >= 15 is 0 Å². The van der Waals surface area contributed by atoms with E-state index in [1.165, 1.54) is 11.1 Å². The average Bonchev–Trinajstić information content (AvgIpc) is 3.07. The van der Waals surface area contributed by atoms with Gasteiger partial charge in [0.2, 0.25) is 5.88 Å². The lowest BCUT2D eigenvalue weighted by atomic mass is 9.90. The highest BCUT2D eigenvalue weighted by atomic mass is 35.5. The molecule has 4 aromatic rings. The molecule has 1 aliphatic heterocycles. The van der Waals surface area contributed by atoms with Gasteiger partial charge in [-0.2, -0.15) is 0 Å². The number of rotatable bonds is 13. The zero-order chi connectivity index (χ0) is 31.4. The minimum atomic E-state index is -0.346. The Bertz CT molecular complexity index is 1610. The van der Waals surface area contributed by atoms with Crippen molar-refractivity contribution in [1.82, 2.24) is 4.98 Å². The largest absolute Gasteiger partial charge is 0.488 e. The molecule has 5 heteroatoms. The second-order valence-corrected chi connectivity index (χ2v) is 11.8. The molecule has 232 valence electrons. The number of pyridine rings is 1. The smallest absolute Gasteiger partial charge is 0.224 e. The van der Waals surface area contributed by atoms with Crippen LogP contribution in [0.4, 0.5) is 0 Å². The van der Waals surface area contributed by atoms with Gasteiger partial charge in [0, 0.05) is 5.92 Å². The first kappa shape index (κ1) is 32.3. The normalized spacial score (nSPS) is 16.9. The van der Waals surface area contributed by atoms with Crippen molar-refractivity contribution in [1.29, 1.82) is 0 Å². The van der Waals surface area contributed by atoms with Crippen LogP contribution >= 0.6 is 11.6 Å². The third kappa shape index (κ3) is 8.75. The van der Waals surface area contributed by atoms with Crippen molar-refractivity contribution in [3.05, 3.63) is 148 Å². The summed E-state index contributed by atoms with van der Waals surface area (Å²) in [5, 5.41) is 0.325. The Labute approximate surface area is 273 Å². The zero-order valence-electron chi connectivity index (χ0n) is 26.4. The van der Waals surface area contributed by atoms with Gasteiger partial charge in [-0.1, -0.05) is 146 Å². The molecule has 0 unspecified atom stereocenters. The molecule has 0 bridgehead atoms. The van der Waals surface area contributed by atoms with Crippen LogP contribution < -0.4 is 9.47 Å². The number of nitrogens with zero attached hydrogens (tertiary/aromatic N) is 1. The summed E-state index contributed by atoms with van der Waals surface area (Å²) in [7, 11) is 0. The predicted molar refractivity (Wildman–Crippen MR) is 185 cm³/mol. The van der Waals surface area contributed by atoms with Gasteiger partial charge in [-0.15, -0.1) is 0 Å². The third-order valence-electron chi connectivity index (χ3n) is 8.00. The molecule has 0 amide bonds. The van der Waals surface area contributed by atoms with Crippen molar-refractivity contribution < 1.29 is 14.2 Å². The molecule has 1 aliphatic rings. The summed E-state index contributed by atoms with van der Waals surface area (Å²) in [6.07, 6.45) is 11.8. The maximum atomic E-state index is 6.98. The molecule has 45 heavy (non-hydrogen) atoms. The Morgan fingerprint density at radius 1 is 0.889 bits per heavy atom. The summed E-state index contributed by atoms with van der Waals surface area (Å²) in [6.45, 7) is 7.74. The van der Waals surface area contributed by atoms with E-state index in [1.807, 2.05) is 78.9 Å². The molecule has 4 nitrogen and oxygen atoms in total. The monoisotopic (exact) mass is 619 g/mol. The number of hydrogen-bond donors (Lipinski definition) is 0. The summed E-state index contributed by atoms with van der Waals surface area (Å²) < 4.78 is 19.8. The standard InChI is InChI=1S/C40H42ClNO3/c1-4-29(2)17-9-5-14-22-33-25-30(3)37(43-28-33)36-38(44-26-31-18-10-6-11-19-31)35(34-23-15-8-16-24-34)39(41)42-40(36)45-27-32-20-12-7-13-21-32/h6-8,10-25,30,37H,4-5,9,26-28H2,1-3H3/b22-14+,29-17+/t30-,37-/m0/s1. The Morgan fingerprint density at radius 2 is 1.51 bits per heavy atom. The second kappa shape index (κ2) is 16.3. The molecule has 2 heterocycles. The van der Waals surface area contributed by atoms with Crippen LogP contribution in [0.15, 0.2) is 126 Å². The lowest BCUT2D eigenvalue weighted by Gasteiger charge is -2.31. The minimum Gasteiger partial charge on any atom is -0.488 e. The van der Waals surface area contributed by atoms with E-state index in [4.69, 9.17) is 30.8 Å². The maximum absolute atomic E-state index is 6.98. The third-order valence-corrected chi connectivity index (χ3v) is 8.27. The van der Waals surface area contributed by atoms with Gasteiger partial charge >= 0.3 is 0 Å². The predicted octanol–water partition coefficient (Wildman–Crippen LogP) is 10.9. The quantitative estimate of drug-likeness (QED) is 0.0848. The minimum absolute atomic E-state index is 0.0328. The molecule has 0 saturated carbocycles. The van der Waals surface area contributed by atoms with Crippen LogP contribution in [-0.4, -0.2) is 11.6 Å². The summed E-state index contributed by atoms with van der Waals surface area (Å²) in [5.41, 5.74) is 7.11. The summed E-state index contributed by atoms with van der Waals surface area (Å²) >= 11 is 6.98. The highest BCUT2D eigenvalue weighted by Gasteiger charge is 2.34. The van der Waals surface area contributed by atoms with Crippen molar-refractivity contribution >= 4 is 11.6 Å². The molecule has 0 radical (unpaired) electrons. The molecule has 0 aliphatic carbocycles. The average molecular weight is 620 g/mol. The number of ether oxygens (including phenoxy) is 3. The number of allylic oxidation sites excluding steroid dienone is 3. The summed E-state index contributed by atoms with van der Waals surface area (Å²) in [4.78, 5) is 4.84. The fourth-order valence-electron chi connectivity index (χ4n) is 5.42. The van der Waals surface area contributed by atoms with E-state index in [1.54, 1.807) is 0 Å². The van der Waals surface area contributed by atoms with Gasteiger partial charge in [0.05, 0.1) is 23.8 Å². The van der Waals surface area contributed by atoms with E-state index in [0.717, 1.165) is 47.1 Å². The van der Waals surface area contributed by atoms with Gasteiger partial charge in [0.1, 0.15) is 24.1 Å². The molecule has 0 N–H and O–H groups in total. The van der Waals surface area contributed by atoms with Gasteiger partial charge in [-0.25, -0.2) is 4.98 Å². The Balaban J connectivity index is 1.53. The SMILES string of the molecule is CC/C(C)=C/CC/C=C/C1=C[C@H](C)[C@@H](c2c(OCc3ccccc3)nc(Cl)c(-c3ccccc3)c2OCc2ccccc2)OC1. The van der Waals surface area contributed by atoms with Crippen LogP contribution in [-0.2, 0) is 18.0 Å². The van der Waals surface area contributed by atoms with Crippen molar-refractivity contribution in [2.24, 2.45) is 5.92 Å². The maximum Gasteiger partial charge on any atom is 0.224 e. The first-order chi connectivity index (χ1) is 22.0. The van der Waals surface area contributed by atoms with Crippen LogP contribution in [0.1, 0.15) is 62.8 Å². The second-order valence-electron chi connectivity index (χ2n) is 11.5. The fraction of sp³-hybridized carbons (Fsp3) is 0.275. The lowest BCUT2D eigenvalue weighted by molar-refractivity contribution is 0.0282. The molecule has 0 spiro atoms. The Morgan fingerprint density at radius 3 is 2.13 bits per heavy atom. The van der Waals surface area contributed by atoms with Crippen LogP contribution in [0.25, 0.3) is 11.1 Å². The lowest BCUT2D eigenvalue weighted by Crippen LogP contribution is -2.21. The number of benzene rings is 3. The highest BCUT2D eigenvalue weighted by Crippen LogP contribution is 2.49.